The van der Waals surface area contributed by atoms with Crippen molar-refractivity contribution < 1.29 is 8.78 Å². The van der Waals surface area contributed by atoms with E-state index in [1.54, 1.807) is 24.3 Å². The second kappa shape index (κ2) is 6.16. The minimum Gasteiger partial charge on any atom is -0.367 e. The van der Waals surface area contributed by atoms with E-state index in [1.807, 2.05) is 17.9 Å². The normalized spacial score (nSPS) is 10.1. The summed E-state index contributed by atoms with van der Waals surface area (Å²) in [5.74, 6) is -0.695. The average Bonchev–Trinajstić information content (AvgIpc) is 2.47. The van der Waals surface area contributed by atoms with Gasteiger partial charge in [-0.15, -0.1) is 0 Å². The average molecular weight is 272 g/mol. The van der Waals surface area contributed by atoms with Crippen LogP contribution in [0.1, 0.15) is 18.1 Å². The molecule has 0 atom stereocenters. The zero-order valence-electron chi connectivity index (χ0n) is 11.1. The van der Waals surface area contributed by atoms with Crippen molar-refractivity contribution in [3.63, 3.8) is 0 Å². The lowest BCUT2D eigenvalue weighted by Crippen LogP contribution is -2.22. The SMILES string of the molecule is CCN(Cc1ccc(C#N)cc1F)c1ccc(F)cc1. The van der Waals surface area contributed by atoms with Gasteiger partial charge in [0.15, 0.2) is 0 Å². The van der Waals surface area contributed by atoms with Crippen LogP contribution in [0.4, 0.5) is 14.5 Å². The molecule has 2 rings (SSSR count). The topological polar surface area (TPSA) is 27.0 Å². The molecule has 0 fully saturated rings. The summed E-state index contributed by atoms with van der Waals surface area (Å²) >= 11 is 0. The number of anilines is 1. The molecule has 0 saturated heterocycles. The van der Waals surface area contributed by atoms with Crippen molar-refractivity contribution in [2.45, 2.75) is 13.5 Å². The molecule has 2 nitrogen and oxygen atoms in total. The van der Waals surface area contributed by atoms with Crippen molar-refractivity contribution in [1.29, 1.82) is 5.26 Å². The third-order valence-electron chi connectivity index (χ3n) is 3.12. The maximum absolute atomic E-state index is 13.9. The molecule has 0 radical (unpaired) electrons. The van der Waals surface area contributed by atoms with Gasteiger partial charge in [0.2, 0.25) is 0 Å². The van der Waals surface area contributed by atoms with Gasteiger partial charge in [-0.2, -0.15) is 5.26 Å². The first-order chi connectivity index (χ1) is 9.63. The Hall–Kier alpha value is -2.41. The molecule has 0 aliphatic heterocycles. The third-order valence-corrected chi connectivity index (χ3v) is 3.12. The van der Waals surface area contributed by atoms with Gasteiger partial charge in [-0.3, -0.25) is 0 Å². The van der Waals surface area contributed by atoms with Gasteiger partial charge in [-0.25, -0.2) is 8.78 Å². The summed E-state index contributed by atoms with van der Waals surface area (Å²) in [4.78, 5) is 1.93. The highest BCUT2D eigenvalue weighted by molar-refractivity contribution is 5.47. The van der Waals surface area contributed by atoms with Crippen molar-refractivity contribution in [3.8, 4) is 6.07 Å². The van der Waals surface area contributed by atoms with E-state index in [9.17, 15) is 8.78 Å². The molecule has 0 heterocycles. The summed E-state index contributed by atoms with van der Waals surface area (Å²) < 4.78 is 26.8. The van der Waals surface area contributed by atoms with Crippen LogP contribution in [0.25, 0.3) is 0 Å². The molecule has 4 heteroatoms. The summed E-state index contributed by atoms with van der Waals surface area (Å²) in [5.41, 5.74) is 1.64. The molecule has 2 aromatic carbocycles. The third kappa shape index (κ3) is 3.12. The first kappa shape index (κ1) is 14.0. The van der Waals surface area contributed by atoms with Crippen molar-refractivity contribution in [2.24, 2.45) is 0 Å². The Labute approximate surface area is 116 Å². The van der Waals surface area contributed by atoms with Crippen molar-refractivity contribution in [1.82, 2.24) is 0 Å². The van der Waals surface area contributed by atoms with Gasteiger partial charge in [-0.1, -0.05) is 6.07 Å². The second-order valence-electron chi connectivity index (χ2n) is 4.41. The highest BCUT2D eigenvalue weighted by Gasteiger charge is 2.09. The lowest BCUT2D eigenvalue weighted by molar-refractivity contribution is 0.604. The molecule has 0 unspecified atom stereocenters. The molecule has 0 N–H and O–H groups in total. The van der Waals surface area contributed by atoms with E-state index in [4.69, 9.17) is 5.26 Å². The zero-order valence-corrected chi connectivity index (χ0v) is 11.1. The number of nitrogens with zero attached hydrogens (tertiary/aromatic N) is 2. The van der Waals surface area contributed by atoms with E-state index in [1.165, 1.54) is 18.2 Å². The Morgan fingerprint density at radius 1 is 1.10 bits per heavy atom. The number of halogens is 2. The largest absolute Gasteiger partial charge is 0.367 e. The Morgan fingerprint density at radius 3 is 2.35 bits per heavy atom. The number of benzene rings is 2. The van der Waals surface area contributed by atoms with Gasteiger partial charge in [-0.05, 0) is 43.3 Å². The first-order valence-corrected chi connectivity index (χ1v) is 6.33. The highest BCUT2D eigenvalue weighted by atomic mass is 19.1. The van der Waals surface area contributed by atoms with Gasteiger partial charge < -0.3 is 4.90 Å². The lowest BCUT2D eigenvalue weighted by atomic mass is 10.1. The number of nitriles is 1. The summed E-state index contributed by atoms with van der Waals surface area (Å²) in [6, 6.07) is 12.4. The van der Waals surface area contributed by atoms with E-state index in [0.717, 1.165) is 5.69 Å². The van der Waals surface area contributed by atoms with Crippen LogP contribution in [0.3, 0.4) is 0 Å². The van der Waals surface area contributed by atoms with Crippen molar-refractivity contribution in [3.05, 3.63) is 65.2 Å². The fourth-order valence-electron chi connectivity index (χ4n) is 1.99. The smallest absolute Gasteiger partial charge is 0.129 e. The standard InChI is InChI=1S/C16H14F2N2/c1-2-20(15-7-5-14(17)6-8-15)11-13-4-3-12(10-19)9-16(13)18/h3-9H,2,11H2,1H3. The van der Waals surface area contributed by atoms with Crippen LogP contribution in [0.5, 0.6) is 0 Å². The molecule has 0 aliphatic rings. The van der Waals surface area contributed by atoms with E-state index in [2.05, 4.69) is 0 Å². The number of hydrogen-bond acceptors (Lipinski definition) is 2. The Bertz CT molecular complexity index is 630. The van der Waals surface area contributed by atoms with Crippen LogP contribution in [-0.4, -0.2) is 6.54 Å². The molecule has 0 aromatic heterocycles. The molecule has 0 bridgehead atoms. The van der Waals surface area contributed by atoms with E-state index >= 15 is 0 Å². The Kier molecular flexibility index (Phi) is 4.31. The first-order valence-electron chi connectivity index (χ1n) is 6.33. The minimum atomic E-state index is -0.399. The lowest BCUT2D eigenvalue weighted by Gasteiger charge is -2.23. The molecule has 0 aliphatic carbocycles. The van der Waals surface area contributed by atoms with Crippen molar-refractivity contribution in [2.75, 3.05) is 11.4 Å². The fourth-order valence-corrected chi connectivity index (χ4v) is 1.99. The summed E-state index contributed by atoms with van der Waals surface area (Å²) in [5, 5.41) is 8.72. The van der Waals surface area contributed by atoms with Gasteiger partial charge in [0.1, 0.15) is 11.6 Å². The van der Waals surface area contributed by atoms with Gasteiger partial charge in [0, 0.05) is 24.3 Å². The van der Waals surface area contributed by atoms with E-state index in [-0.39, 0.29) is 5.82 Å². The molecule has 0 spiro atoms. The van der Waals surface area contributed by atoms with Crippen LogP contribution in [0.15, 0.2) is 42.5 Å². The molecule has 102 valence electrons. The van der Waals surface area contributed by atoms with Crippen LogP contribution >= 0.6 is 0 Å². The van der Waals surface area contributed by atoms with Crippen LogP contribution in [0.2, 0.25) is 0 Å². The quantitative estimate of drug-likeness (QED) is 0.845. The molecular formula is C16H14F2N2. The molecule has 0 amide bonds. The number of rotatable bonds is 4. The summed E-state index contributed by atoms with van der Waals surface area (Å²) in [6.45, 7) is 3.00. The number of hydrogen-bond donors (Lipinski definition) is 0. The monoisotopic (exact) mass is 272 g/mol. The highest BCUT2D eigenvalue weighted by Crippen LogP contribution is 2.19. The van der Waals surface area contributed by atoms with Crippen molar-refractivity contribution >= 4 is 5.69 Å². The minimum absolute atomic E-state index is 0.297. The fraction of sp³-hybridized carbons (Fsp3) is 0.188. The molecular weight excluding hydrogens is 258 g/mol. The zero-order chi connectivity index (χ0) is 14.5. The molecule has 20 heavy (non-hydrogen) atoms. The van der Waals surface area contributed by atoms with E-state index in [0.29, 0.717) is 24.2 Å². The summed E-state index contributed by atoms with van der Waals surface area (Å²) in [6.07, 6.45) is 0. The summed E-state index contributed by atoms with van der Waals surface area (Å²) in [7, 11) is 0. The van der Waals surface area contributed by atoms with Gasteiger partial charge >= 0.3 is 0 Å². The van der Waals surface area contributed by atoms with Crippen LogP contribution in [-0.2, 0) is 6.54 Å². The predicted molar refractivity (Wildman–Crippen MR) is 74.2 cm³/mol. The second-order valence-corrected chi connectivity index (χ2v) is 4.41. The van der Waals surface area contributed by atoms with E-state index < -0.39 is 5.82 Å². The van der Waals surface area contributed by atoms with Gasteiger partial charge in [0.25, 0.3) is 0 Å². The Morgan fingerprint density at radius 2 is 1.80 bits per heavy atom. The van der Waals surface area contributed by atoms with Crippen LogP contribution < -0.4 is 4.90 Å². The Balaban J connectivity index is 2.22. The maximum atomic E-state index is 13.9. The van der Waals surface area contributed by atoms with Gasteiger partial charge in [0.05, 0.1) is 11.6 Å². The molecule has 2 aromatic rings. The molecule has 0 saturated carbocycles. The maximum Gasteiger partial charge on any atom is 0.129 e. The predicted octanol–water partition coefficient (Wildman–Crippen LogP) is 3.86. The van der Waals surface area contributed by atoms with Crippen LogP contribution in [0, 0.1) is 23.0 Å².